The Morgan fingerprint density at radius 2 is 1.62 bits per heavy atom. The van der Waals surface area contributed by atoms with Crippen LogP contribution in [0.3, 0.4) is 0 Å². The minimum absolute atomic E-state index is 0. The topological polar surface area (TPSA) is 54.6 Å². The number of hydrogen-bond acceptors (Lipinski definition) is 3. The van der Waals surface area contributed by atoms with Crippen molar-refractivity contribution in [3.05, 3.63) is 84.3 Å². The van der Waals surface area contributed by atoms with Crippen molar-refractivity contribution in [2.45, 2.75) is 79.8 Å². The van der Waals surface area contributed by atoms with E-state index in [9.17, 15) is 23.1 Å². The minimum atomic E-state index is -4.26. The molecule has 6 aromatic rings. The molecule has 0 amide bonds. The quantitative estimate of drug-likeness (QED) is 0.0520. The number of aliphatic hydroxyl groups is 1. The number of aromatic nitrogens is 2. The molecule has 3 aromatic carbocycles. The molecule has 0 atom stereocenters. The molecule has 0 saturated heterocycles. The van der Waals surface area contributed by atoms with Gasteiger partial charge in [-0.05, 0) is 77.7 Å². The zero-order valence-corrected chi connectivity index (χ0v) is 30.2. The average molecular weight is 820 g/mol. The van der Waals surface area contributed by atoms with Crippen molar-refractivity contribution in [1.29, 1.82) is 0 Å². The van der Waals surface area contributed by atoms with E-state index in [4.69, 9.17) is 0 Å². The predicted octanol–water partition coefficient (Wildman–Crippen LogP) is 11.2. The van der Waals surface area contributed by atoms with Crippen molar-refractivity contribution >= 4 is 54.8 Å². The van der Waals surface area contributed by atoms with Crippen LogP contribution in [-0.2, 0) is 31.3 Å². The van der Waals surface area contributed by atoms with Gasteiger partial charge in [0.25, 0.3) is 0 Å². The molecule has 3 aromatic heterocycles. The number of aliphatic hydroxyl groups excluding tert-OH is 1. The van der Waals surface area contributed by atoms with Crippen molar-refractivity contribution in [3.63, 3.8) is 0 Å². The zero-order chi connectivity index (χ0) is 33.4. The van der Waals surface area contributed by atoms with E-state index >= 15 is 0 Å². The Bertz CT molecular complexity index is 2020. The fourth-order valence-electron chi connectivity index (χ4n) is 6.56. The maximum absolute atomic E-state index is 13.5. The molecule has 251 valence electrons. The number of benzene rings is 3. The fourth-order valence-corrected chi connectivity index (χ4v) is 6.56. The second kappa shape index (κ2) is 14.3. The van der Waals surface area contributed by atoms with Crippen LogP contribution >= 0.6 is 0 Å². The largest absolute Gasteiger partial charge is 0.512 e. The van der Waals surface area contributed by atoms with Gasteiger partial charge in [-0.1, -0.05) is 59.7 Å². The predicted molar refractivity (Wildman–Crippen MR) is 183 cm³/mol. The summed E-state index contributed by atoms with van der Waals surface area (Å²) in [6.07, 6.45) is 2.39. The number of hydrogen-bond donors (Lipinski definition) is 1. The monoisotopic (exact) mass is 820 g/mol. The Balaban J connectivity index is 0.000000269. The Kier molecular flexibility index (Phi) is 11.1. The van der Waals surface area contributed by atoms with Crippen molar-refractivity contribution in [2.75, 3.05) is 0 Å². The molecule has 47 heavy (non-hydrogen) atoms. The number of allylic oxidation sites excluding steroid dienone is 2. The third-order valence-electron chi connectivity index (χ3n) is 9.53. The molecule has 0 aliphatic rings. The number of fused-ring (bicyclic) bond motifs is 6. The van der Waals surface area contributed by atoms with E-state index in [2.05, 4.69) is 27.6 Å². The molecule has 0 spiro atoms. The van der Waals surface area contributed by atoms with E-state index in [0.29, 0.717) is 5.56 Å². The first-order valence-corrected chi connectivity index (χ1v) is 16.2. The van der Waals surface area contributed by atoms with Gasteiger partial charge in [0.2, 0.25) is 0 Å². The Hall–Kier alpha value is -3.48. The van der Waals surface area contributed by atoms with Crippen LogP contribution in [0.2, 0.25) is 0 Å². The van der Waals surface area contributed by atoms with Crippen LogP contribution in [0.4, 0.5) is 13.2 Å². The summed E-state index contributed by atoms with van der Waals surface area (Å²) in [5.41, 5.74) is 2.80. The molecule has 3 heterocycles. The number of rotatable bonds is 9. The van der Waals surface area contributed by atoms with Gasteiger partial charge in [-0.2, -0.15) is 13.2 Å². The molecule has 1 N–H and O–H groups in total. The van der Waals surface area contributed by atoms with Gasteiger partial charge in [0, 0.05) is 66.0 Å². The number of halogens is 3. The molecule has 0 aliphatic carbocycles. The van der Waals surface area contributed by atoms with Crippen molar-refractivity contribution in [3.8, 4) is 0 Å². The molecular formula is C39H42F3IrN2O2-. The first-order chi connectivity index (χ1) is 21.9. The third kappa shape index (κ3) is 6.77. The standard InChI is InChI=1S/C26H18F3N2.C13H24O2.Ir/c1-25(2,26(27,28)29)14-15-7-10-21-19(13-15)17-9-8-16-11-12-30-23-18-5-3-4-6-20(18)31(21)24(17)22(16)23;1-5-10(6-2)12(14)9-13(15)11(7-3)8-4;/h3-4,6-13H,14H2,1-2H3;9-11,14H,5-8H2,1-4H3;/q-1;;/b;12-9-;. The van der Waals surface area contributed by atoms with Crippen LogP contribution in [0.25, 0.3) is 49.0 Å². The van der Waals surface area contributed by atoms with E-state index in [1.54, 1.807) is 0 Å². The van der Waals surface area contributed by atoms with Gasteiger partial charge >= 0.3 is 6.18 Å². The van der Waals surface area contributed by atoms with Crippen LogP contribution in [0, 0.1) is 23.3 Å². The molecule has 1 radical (unpaired) electrons. The van der Waals surface area contributed by atoms with Crippen LogP contribution in [0.1, 0.15) is 72.8 Å². The molecule has 8 heteroatoms. The van der Waals surface area contributed by atoms with Crippen molar-refractivity contribution in [1.82, 2.24) is 9.38 Å². The first-order valence-electron chi connectivity index (χ1n) is 16.2. The second-order valence-corrected chi connectivity index (χ2v) is 12.9. The number of carbonyl (C=O) groups excluding carboxylic acids is 1. The fraction of sp³-hybridized carbons (Fsp3) is 0.385. The smallest absolute Gasteiger partial charge is 0.394 e. The first kappa shape index (κ1) is 36.4. The van der Waals surface area contributed by atoms with Gasteiger partial charge in [-0.15, -0.1) is 29.7 Å². The van der Waals surface area contributed by atoms with E-state index in [1.165, 1.54) is 19.9 Å². The molecule has 0 fully saturated rings. The van der Waals surface area contributed by atoms with Gasteiger partial charge < -0.3 is 14.5 Å². The number of alkyl halides is 3. The van der Waals surface area contributed by atoms with Gasteiger partial charge in [-0.25, -0.2) is 0 Å². The van der Waals surface area contributed by atoms with Crippen molar-refractivity contribution in [2.24, 2.45) is 17.3 Å². The Morgan fingerprint density at radius 1 is 0.936 bits per heavy atom. The number of carbonyl (C=O) groups is 1. The molecule has 6 rings (SSSR count). The normalized spacial score (nSPS) is 12.9. The average Bonchev–Trinajstić information content (AvgIpc) is 3.36. The van der Waals surface area contributed by atoms with Crippen LogP contribution in [-0.4, -0.2) is 26.5 Å². The Morgan fingerprint density at radius 3 is 2.26 bits per heavy atom. The second-order valence-electron chi connectivity index (χ2n) is 12.9. The van der Waals surface area contributed by atoms with E-state index < -0.39 is 11.6 Å². The summed E-state index contributed by atoms with van der Waals surface area (Å²) in [5.74, 6) is 0.547. The maximum atomic E-state index is 13.5. The summed E-state index contributed by atoms with van der Waals surface area (Å²) < 4.78 is 42.6. The zero-order valence-electron chi connectivity index (χ0n) is 27.8. The molecule has 0 unspecified atom stereocenters. The van der Waals surface area contributed by atoms with Crippen molar-refractivity contribution < 1.29 is 43.2 Å². The van der Waals surface area contributed by atoms with Gasteiger partial charge in [0.1, 0.15) is 0 Å². The summed E-state index contributed by atoms with van der Waals surface area (Å²) in [7, 11) is 0. The van der Waals surface area contributed by atoms with Crippen LogP contribution < -0.4 is 0 Å². The number of nitrogens with zero attached hydrogens (tertiary/aromatic N) is 2. The molecule has 0 saturated carbocycles. The summed E-state index contributed by atoms with van der Waals surface area (Å²) in [6, 6.07) is 21.0. The summed E-state index contributed by atoms with van der Waals surface area (Å²) in [6.45, 7) is 10.6. The maximum Gasteiger partial charge on any atom is 0.394 e. The summed E-state index contributed by atoms with van der Waals surface area (Å²) in [4.78, 5) is 16.4. The number of pyridine rings is 2. The van der Waals surface area contributed by atoms with Crippen LogP contribution in [0.5, 0.6) is 0 Å². The van der Waals surface area contributed by atoms with Gasteiger partial charge in [-0.3, -0.25) is 4.79 Å². The van der Waals surface area contributed by atoms with E-state index in [1.807, 2.05) is 76.4 Å². The molecule has 0 aliphatic heterocycles. The molecular weight excluding hydrogens is 778 g/mol. The molecule has 4 nitrogen and oxygen atoms in total. The summed E-state index contributed by atoms with van der Waals surface area (Å²) >= 11 is 0. The third-order valence-corrected chi connectivity index (χ3v) is 9.53. The minimum Gasteiger partial charge on any atom is -0.512 e. The van der Waals surface area contributed by atoms with E-state index in [0.717, 1.165) is 74.7 Å². The molecule has 0 bridgehead atoms. The van der Waals surface area contributed by atoms with Gasteiger partial charge in [0.05, 0.1) is 11.2 Å². The van der Waals surface area contributed by atoms with Crippen LogP contribution in [0.15, 0.2) is 72.6 Å². The Labute approximate surface area is 287 Å². The number of ketones is 1. The summed E-state index contributed by atoms with van der Waals surface area (Å²) in [5, 5.41) is 14.8. The van der Waals surface area contributed by atoms with Gasteiger partial charge in [0.15, 0.2) is 5.78 Å². The SMILES string of the molecule is CC(C)(Cc1ccc2c(c1)c1ccc3ccnc4c5[c-]cccc5n2c1c34)C(F)(F)F.CCC(CC)C(=O)/C=C(\O)C(CC)CC.[Ir]. The van der Waals surface area contributed by atoms with E-state index in [-0.39, 0.29) is 49.9 Å².